The second-order valence-corrected chi connectivity index (χ2v) is 11.8. The molecule has 1 aromatic heterocycles. The first-order chi connectivity index (χ1) is 15.3. The van der Waals surface area contributed by atoms with Crippen LogP contribution in [-0.2, 0) is 31.6 Å². The van der Waals surface area contributed by atoms with Crippen molar-refractivity contribution < 1.29 is 60.6 Å². The first kappa shape index (κ1) is 31.0. The zero-order chi connectivity index (χ0) is 26.5. The van der Waals surface area contributed by atoms with Crippen molar-refractivity contribution in [1.29, 1.82) is 0 Å². The number of aliphatic hydroxyl groups excluding tert-OH is 1. The summed E-state index contributed by atoms with van der Waals surface area (Å²) in [7, 11) is -16.0. The first-order valence-electron chi connectivity index (χ1n) is 9.33. The van der Waals surface area contributed by atoms with E-state index >= 15 is 4.39 Å². The Morgan fingerprint density at radius 1 is 1.18 bits per heavy atom. The van der Waals surface area contributed by atoms with E-state index in [9.17, 15) is 33.4 Å². The van der Waals surface area contributed by atoms with Crippen molar-refractivity contribution >= 4 is 29.3 Å². The fourth-order valence-electron chi connectivity index (χ4n) is 2.63. The number of phosphoric ester groups is 1. The maximum atomic E-state index is 15.1. The third-order valence-electron chi connectivity index (χ3n) is 4.36. The SMILES string of the molecule is CO[C@](CCC(C)C)(COP(=O)(O)OP(=O)(O)OP(=O)(O)O)[C@@H](O)[C@@H](F)n1ccc(N)nc1=O. The van der Waals surface area contributed by atoms with Gasteiger partial charge in [-0.25, -0.2) is 22.9 Å². The van der Waals surface area contributed by atoms with Crippen LogP contribution in [0.25, 0.3) is 0 Å². The van der Waals surface area contributed by atoms with Crippen LogP contribution >= 0.6 is 23.5 Å². The van der Waals surface area contributed by atoms with Gasteiger partial charge in [0.05, 0.1) is 6.61 Å². The van der Waals surface area contributed by atoms with E-state index in [1.165, 1.54) is 0 Å². The van der Waals surface area contributed by atoms with E-state index in [4.69, 9.17) is 20.3 Å². The number of alkyl halides is 1. The highest BCUT2D eigenvalue weighted by Gasteiger charge is 2.48. The molecule has 16 nitrogen and oxygen atoms in total. The number of phosphoric acid groups is 3. The number of ether oxygens (including phenoxy) is 1. The van der Waals surface area contributed by atoms with Gasteiger partial charge in [-0.05, 0) is 24.8 Å². The molecule has 1 rings (SSSR count). The van der Waals surface area contributed by atoms with Gasteiger partial charge in [0, 0.05) is 13.3 Å². The van der Waals surface area contributed by atoms with Crippen LogP contribution in [0.5, 0.6) is 0 Å². The van der Waals surface area contributed by atoms with E-state index in [1.807, 2.05) is 0 Å². The molecule has 34 heavy (non-hydrogen) atoms. The highest BCUT2D eigenvalue weighted by atomic mass is 31.3. The molecule has 0 saturated carbocycles. The highest BCUT2D eigenvalue weighted by molar-refractivity contribution is 7.66. The summed E-state index contributed by atoms with van der Waals surface area (Å²) in [6.45, 7) is 2.38. The Morgan fingerprint density at radius 3 is 2.24 bits per heavy atom. The molecule has 0 fully saturated rings. The van der Waals surface area contributed by atoms with Gasteiger partial charge in [-0.15, -0.1) is 0 Å². The number of halogens is 1. The number of nitrogen functional groups attached to an aromatic ring is 1. The Balaban J connectivity index is 3.22. The molecule has 20 heteroatoms. The summed E-state index contributed by atoms with van der Waals surface area (Å²) in [4.78, 5) is 51.4. The third-order valence-corrected chi connectivity index (χ3v) is 8.14. The fourth-order valence-corrected chi connectivity index (χ4v) is 5.71. The number of hydrogen-bond acceptors (Lipinski definition) is 11. The number of aliphatic hydroxyl groups is 1. The van der Waals surface area contributed by atoms with Gasteiger partial charge in [-0.2, -0.15) is 13.6 Å². The summed E-state index contributed by atoms with van der Waals surface area (Å²) in [6, 6.07) is 1.08. The van der Waals surface area contributed by atoms with Gasteiger partial charge in [-0.1, -0.05) is 13.8 Å². The van der Waals surface area contributed by atoms with E-state index < -0.39 is 53.8 Å². The molecule has 0 aliphatic carbocycles. The Morgan fingerprint density at radius 2 is 1.76 bits per heavy atom. The lowest BCUT2D eigenvalue weighted by Gasteiger charge is -2.38. The molecule has 0 amide bonds. The minimum Gasteiger partial charge on any atom is -0.385 e. The summed E-state index contributed by atoms with van der Waals surface area (Å²) < 4.78 is 66.9. The third kappa shape index (κ3) is 9.53. The Kier molecular flexibility index (Phi) is 10.7. The molecule has 0 aliphatic rings. The molecule has 198 valence electrons. The zero-order valence-electron chi connectivity index (χ0n) is 18.2. The van der Waals surface area contributed by atoms with E-state index in [0.717, 1.165) is 19.4 Å². The minimum atomic E-state index is -5.80. The van der Waals surface area contributed by atoms with E-state index in [-0.39, 0.29) is 24.6 Å². The molecular weight excluding hydrogens is 530 g/mol. The predicted octanol–water partition coefficient (Wildman–Crippen LogP) is 0.819. The summed E-state index contributed by atoms with van der Waals surface area (Å²) in [6.07, 6.45) is -3.81. The molecule has 5 atom stereocenters. The number of methoxy groups -OCH3 is 1. The Labute approximate surface area is 192 Å². The molecule has 1 heterocycles. The van der Waals surface area contributed by atoms with Crippen molar-refractivity contribution in [2.75, 3.05) is 19.5 Å². The molecule has 0 spiro atoms. The molecule has 7 N–H and O–H groups in total. The second-order valence-electron chi connectivity index (χ2n) is 7.43. The number of rotatable bonds is 14. The molecule has 0 aromatic carbocycles. The average Bonchev–Trinajstić information content (AvgIpc) is 2.64. The lowest BCUT2D eigenvalue weighted by molar-refractivity contribution is -0.167. The van der Waals surface area contributed by atoms with Crippen LogP contribution in [0, 0.1) is 5.92 Å². The minimum absolute atomic E-state index is 0.0489. The van der Waals surface area contributed by atoms with E-state index in [0.29, 0.717) is 4.57 Å². The van der Waals surface area contributed by atoms with Crippen LogP contribution in [0.2, 0.25) is 0 Å². The fraction of sp³-hybridized carbons (Fsp3) is 0.714. The summed E-state index contributed by atoms with van der Waals surface area (Å²) in [5, 5.41) is 10.7. The first-order valence-corrected chi connectivity index (χ1v) is 13.9. The van der Waals surface area contributed by atoms with Crippen LogP contribution in [0.3, 0.4) is 0 Å². The van der Waals surface area contributed by atoms with Crippen LogP contribution < -0.4 is 11.4 Å². The molecule has 0 aliphatic heterocycles. The van der Waals surface area contributed by atoms with Crippen molar-refractivity contribution in [3.8, 4) is 0 Å². The Hall–Kier alpha value is -1.06. The van der Waals surface area contributed by atoms with Gasteiger partial charge < -0.3 is 35.2 Å². The van der Waals surface area contributed by atoms with E-state index in [1.54, 1.807) is 13.8 Å². The van der Waals surface area contributed by atoms with Crippen LogP contribution in [0.15, 0.2) is 17.1 Å². The highest BCUT2D eigenvalue weighted by Crippen LogP contribution is 2.66. The lowest BCUT2D eigenvalue weighted by Crippen LogP contribution is -2.52. The van der Waals surface area contributed by atoms with Crippen molar-refractivity contribution in [3.63, 3.8) is 0 Å². The zero-order valence-corrected chi connectivity index (χ0v) is 20.9. The number of nitrogens with zero attached hydrogens (tertiary/aromatic N) is 2. The summed E-state index contributed by atoms with van der Waals surface area (Å²) in [5.41, 5.74) is 2.06. The smallest absolute Gasteiger partial charge is 0.385 e. The van der Waals surface area contributed by atoms with Crippen LogP contribution in [0.4, 0.5) is 10.2 Å². The van der Waals surface area contributed by atoms with Gasteiger partial charge in [-0.3, -0.25) is 9.09 Å². The van der Waals surface area contributed by atoms with Gasteiger partial charge in [0.2, 0.25) is 6.30 Å². The van der Waals surface area contributed by atoms with Crippen molar-refractivity contribution in [2.45, 2.75) is 44.7 Å². The second kappa shape index (κ2) is 11.8. The monoisotopic (exact) mass is 557 g/mol. The number of nitrogens with two attached hydrogens (primary N) is 1. The topological polar surface area (TPSA) is 250 Å². The molecule has 2 unspecified atom stereocenters. The molecule has 0 bridgehead atoms. The van der Waals surface area contributed by atoms with E-state index in [2.05, 4.69) is 18.1 Å². The standard InChI is InChI=1S/C14H27FN3O13P3/c1-9(2)4-6-14(28-3,11(19)12(15)18-7-5-10(16)17-13(18)20)8-29-33(24,25)31-34(26,27)30-32(21,22)23/h5,7,9,11-12,19H,4,6,8H2,1-3H3,(H,24,25)(H,26,27)(H2,16,17,20)(H2,21,22,23)/t11-,12-,14+/m0/s1. The van der Waals surface area contributed by atoms with Crippen molar-refractivity contribution in [2.24, 2.45) is 5.92 Å². The number of anilines is 1. The van der Waals surface area contributed by atoms with Gasteiger partial charge in [0.1, 0.15) is 17.5 Å². The number of hydrogen-bond donors (Lipinski definition) is 6. The molecule has 0 saturated heterocycles. The maximum absolute atomic E-state index is 15.1. The lowest BCUT2D eigenvalue weighted by atomic mass is 9.88. The van der Waals surface area contributed by atoms with Crippen LogP contribution in [-0.4, -0.2) is 59.7 Å². The van der Waals surface area contributed by atoms with Crippen LogP contribution in [0.1, 0.15) is 33.0 Å². The van der Waals surface area contributed by atoms with Crippen molar-refractivity contribution in [1.82, 2.24) is 9.55 Å². The van der Waals surface area contributed by atoms with Gasteiger partial charge >= 0.3 is 29.2 Å². The summed E-state index contributed by atoms with van der Waals surface area (Å²) >= 11 is 0. The van der Waals surface area contributed by atoms with Gasteiger partial charge in [0.15, 0.2) is 0 Å². The number of aromatic nitrogens is 2. The molecule has 0 radical (unpaired) electrons. The average molecular weight is 557 g/mol. The molecular formula is C14H27FN3O13P3. The summed E-state index contributed by atoms with van der Waals surface area (Å²) in [5.74, 6) is -0.263. The van der Waals surface area contributed by atoms with Crippen molar-refractivity contribution in [3.05, 3.63) is 22.7 Å². The Bertz CT molecular complexity index is 1030. The maximum Gasteiger partial charge on any atom is 0.490 e. The predicted molar refractivity (Wildman–Crippen MR) is 113 cm³/mol. The molecule has 1 aromatic rings. The quantitative estimate of drug-likeness (QED) is 0.173. The largest absolute Gasteiger partial charge is 0.490 e. The normalized spacial score (nSPS) is 19.7. The van der Waals surface area contributed by atoms with Gasteiger partial charge in [0.25, 0.3) is 0 Å².